The Morgan fingerprint density at radius 3 is 2.94 bits per heavy atom. The quantitative estimate of drug-likeness (QED) is 0.747. The monoisotopic (exact) mass is 227 g/mol. The molecular weight excluding hydrogens is 206 g/mol. The van der Waals surface area contributed by atoms with Crippen LogP contribution in [0.1, 0.15) is 37.3 Å². The molecule has 2 bridgehead atoms. The highest BCUT2D eigenvalue weighted by atomic mass is 15.2. The van der Waals surface area contributed by atoms with E-state index in [1.54, 1.807) is 5.57 Å². The van der Waals surface area contributed by atoms with Crippen LogP contribution in [0.5, 0.6) is 0 Å². The average molecular weight is 227 g/mol. The average Bonchev–Trinajstić information content (AvgIpc) is 2.61. The van der Waals surface area contributed by atoms with E-state index in [4.69, 9.17) is 0 Å². The largest absolute Gasteiger partial charge is 0.297 e. The van der Waals surface area contributed by atoms with Crippen molar-refractivity contribution in [3.63, 3.8) is 0 Å². The number of fused-ring (bicyclic) bond motifs is 2. The molecule has 90 valence electrons. The predicted molar refractivity (Wildman–Crippen MR) is 73.0 cm³/mol. The topological polar surface area (TPSA) is 3.24 Å². The molecule has 1 heteroatoms. The van der Waals surface area contributed by atoms with Crippen molar-refractivity contribution in [2.75, 3.05) is 7.05 Å². The molecule has 0 aromatic heterocycles. The molecule has 17 heavy (non-hydrogen) atoms. The first kappa shape index (κ1) is 11.0. The molecule has 2 aliphatic heterocycles. The van der Waals surface area contributed by atoms with Gasteiger partial charge in [-0.2, -0.15) is 0 Å². The third-order valence-electron chi connectivity index (χ3n) is 4.45. The van der Waals surface area contributed by atoms with Gasteiger partial charge < -0.3 is 0 Å². The minimum atomic E-state index is 0.689. The van der Waals surface area contributed by atoms with Crippen LogP contribution in [0.3, 0.4) is 0 Å². The van der Waals surface area contributed by atoms with Crippen molar-refractivity contribution in [3.8, 4) is 0 Å². The van der Waals surface area contributed by atoms with Crippen LogP contribution < -0.4 is 0 Å². The van der Waals surface area contributed by atoms with Crippen LogP contribution in [0.25, 0.3) is 5.57 Å². The van der Waals surface area contributed by atoms with Gasteiger partial charge in [-0.3, -0.25) is 4.90 Å². The van der Waals surface area contributed by atoms with Gasteiger partial charge in [-0.05, 0) is 49.4 Å². The molecule has 1 nitrogen and oxygen atoms in total. The van der Waals surface area contributed by atoms with E-state index in [0.717, 1.165) is 12.5 Å². The minimum Gasteiger partial charge on any atom is -0.297 e. The summed E-state index contributed by atoms with van der Waals surface area (Å²) < 4.78 is 0. The highest BCUT2D eigenvalue weighted by Crippen LogP contribution is 2.37. The summed E-state index contributed by atoms with van der Waals surface area (Å²) in [7, 11) is 2.28. The van der Waals surface area contributed by atoms with Crippen molar-refractivity contribution in [1.82, 2.24) is 4.90 Å². The fraction of sp³-hybridized carbons (Fsp3) is 0.500. The van der Waals surface area contributed by atoms with Crippen molar-refractivity contribution in [3.05, 3.63) is 41.5 Å². The fourth-order valence-electron chi connectivity index (χ4n) is 3.25. The van der Waals surface area contributed by atoms with Gasteiger partial charge in [-0.15, -0.1) is 0 Å². The van der Waals surface area contributed by atoms with Gasteiger partial charge in [-0.1, -0.05) is 37.3 Å². The van der Waals surface area contributed by atoms with Crippen molar-refractivity contribution >= 4 is 5.57 Å². The Hall–Kier alpha value is -1.08. The van der Waals surface area contributed by atoms with E-state index >= 15 is 0 Å². The number of hydrogen-bond donors (Lipinski definition) is 0. The van der Waals surface area contributed by atoms with Gasteiger partial charge in [0.15, 0.2) is 0 Å². The molecule has 2 aliphatic rings. The molecule has 1 aromatic rings. The number of rotatable bonds is 2. The number of benzene rings is 1. The van der Waals surface area contributed by atoms with Crippen molar-refractivity contribution in [2.45, 2.75) is 44.7 Å². The molecule has 0 saturated carbocycles. The number of likely N-dealkylation sites (N-methyl/N-ethyl adjacent to an activating group) is 1. The van der Waals surface area contributed by atoms with Gasteiger partial charge >= 0.3 is 0 Å². The second-order valence-corrected chi connectivity index (χ2v) is 5.41. The van der Waals surface area contributed by atoms with E-state index in [1.165, 1.54) is 30.4 Å². The maximum absolute atomic E-state index is 2.55. The van der Waals surface area contributed by atoms with Crippen LogP contribution in [0.4, 0.5) is 0 Å². The fourth-order valence-corrected chi connectivity index (χ4v) is 3.25. The molecule has 0 spiro atoms. The summed E-state index contributed by atoms with van der Waals surface area (Å²) in [5.74, 6) is 0. The smallest absolute Gasteiger partial charge is 0.0284 e. The summed E-state index contributed by atoms with van der Waals surface area (Å²) in [6.07, 6.45) is 7.58. The molecular formula is C16H21N. The Morgan fingerprint density at radius 2 is 2.18 bits per heavy atom. The zero-order chi connectivity index (χ0) is 11.8. The Bertz CT molecular complexity index is 447. The normalized spacial score (nSPS) is 28.2. The second kappa shape index (κ2) is 4.30. The summed E-state index contributed by atoms with van der Waals surface area (Å²) in [6, 6.07) is 10.6. The first-order chi connectivity index (χ1) is 8.28. The Labute approximate surface area is 104 Å². The molecule has 2 atom stereocenters. The lowest BCUT2D eigenvalue weighted by atomic mass is 9.94. The standard InChI is InChI=1S/C16H21N/c1-3-12-5-4-6-13(9-12)14-10-15-7-8-16(11-14)17(15)2/h4-6,9-10,15-16H,3,7-8,11H2,1-2H3. The molecule has 2 unspecified atom stereocenters. The van der Waals surface area contributed by atoms with E-state index in [2.05, 4.69) is 49.2 Å². The summed E-state index contributed by atoms with van der Waals surface area (Å²) in [5.41, 5.74) is 4.48. The Balaban J connectivity index is 1.92. The SMILES string of the molecule is CCc1cccc(C2=CC3CCC(C2)N3C)c1. The van der Waals surface area contributed by atoms with Gasteiger partial charge in [0, 0.05) is 12.1 Å². The lowest BCUT2D eigenvalue weighted by Gasteiger charge is -2.30. The Morgan fingerprint density at radius 1 is 1.29 bits per heavy atom. The van der Waals surface area contributed by atoms with Gasteiger partial charge in [0.05, 0.1) is 0 Å². The van der Waals surface area contributed by atoms with E-state index in [1.807, 2.05) is 0 Å². The molecule has 1 saturated heterocycles. The van der Waals surface area contributed by atoms with Crippen molar-refractivity contribution < 1.29 is 0 Å². The Kier molecular flexibility index (Phi) is 2.79. The molecule has 0 amide bonds. The zero-order valence-electron chi connectivity index (χ0n) is 10.8. The number of hydrogen-bond acceptors (Lipinski definition) is 1. The van der Waals surface area contributed by atoms with Gasteiger partial charge in [-0.25, -0.2) is 0 Å². The van der Waals surface area contributed by atoms with E-state index in [9.17, 15) is 0 Å². The number of nitrogens with zero attached hydrogens (tertiary/aromatic N) is 1. The minimum absolute atomic E-state index is 0.689. The third kappa shape index (κ3) is 1.93. The van der Waals surface area contributed by atoms with E-state index in [-0.39, 0.29) is 0 Å². The lowest BCUT2D eigenvalue weighted by Crippen LogP contribution is -2.34. The van der Waals surface area contributed by atoms with Crippen molar-refractivity contribution in [2.24, 2.45) is 0 Å². The first-order valence-corrected chi connectivity index (χ1v) is 6.80. The summed E-state index contributed by atoms with van der Waals surface area (Å²) in [4.78, 5) is 2.55. The van der Waals surface area contributed by atoms with Crippen LogP contribution in [0.2, 0.25) is 0 Å². The highest BCUT2D eigenvalue weighted by Gasteiger charge is 2.33. The van der Waals surface area contributed by atoms with Gasteiger partial charge in [0.2, 0.25) is 0 Å². The van der Waals surface area contributed by atoms with E-state index in [0.29, 0.717) is 6.04 Å². The third-order valence-corrected chi connectivity index (χ3v) is 4.45. The molecule has 0 N–H and O–H groups in total. The summed E-state index contributed by atoms with van der Waals surface area (Å²) in [5, 5.41) is 0. The molecule has 0 aliphatic carbocycles. The van der Waals surface area contributed by atoms with Crippen LogP contribution in [0.15, 0.2) is 30.3 Å². The highest BCUT2D eigenvalue weighted by molar-refractivity contribution is 5.68. The molecule has 1 fully saturated rings. The maximum atomic E-state index is 2.55. The molecule has 0 radical (unpaired) electrons. The predicted octanol–water partition coefficient (Wildman–Crippen LogP) is 3.50. The van der Waals surface area contributed by atoms with Crippen LogP contribution in [0, 0.1) is 0 Å². The lowest BCUT2D eigenvalue weighted by molar-refractivity contribution is 0.264. The van der Waals surface area contributed by atoms with Crippen LogP contribution in [-0.4, -0.2) is 24.0 Å². The number of aryl methyl sites for hydroxylation is 1. The molecule has 3 rings (SSSR count). The van der Waals surface area contributed by atoms with Gasteiger partial charge in [0.25, 0.3) is 0 Å². The van der Waals surface area contributed by atoms with Gasteiger partial charge in [0.1, 0.15) is 0 Å². The summed E-state index contributed by atoms with van der Waals surface area (Å²) >= 11 is 0. The molecule has 1 aromatic carbocycles. The first-order valence-electron chi connectivity index (χ1n) is 6.80. The maximum Gasteiger partial charge on any atom is 0.0284 e. The van der Waals surface area contributed by atoms with Crippen LogP contribution in [-0.2, 0) is 6.42 Å². The van der Waals surface area contributed by atoms with Crippen molar-refractivity contribution in [1.29, 1.82) is 0 Å². The van der Waals surface area contributed by atoms with E-state index < -0.39 is 0 Å². The van der Waals surface area contributed by atoms with Crippen LogP contribution >= 0.6 is 0 Å². The summed E-state index contributed by atoms with van der Waals surface area (Å²) in [6.45, 7) is 2.23. The zero-order valence-corrected chi connectivity index (χ0v) is 10.8. The molecule has 2 heterocycles. The second-order valence-electron chi connectivity index (χ2n) is 5.41.